The third-order valence-electron chi connectivity index (χ3n) is 7.42. The number of benzene rings is 5. The maximum Gasteiger partial charge on any atom is 0.164 e. The van der Waals surface area contributed by atoms with E-state index in [0.717, 1.165) is 55.9 Å². The molecule has 0 spiro atoms. The number of nitrogens with one attached hydrogen (secondary N) is 2. The van der Waals surface area contributed by atoms with Crippen molar-refractivity contribution < 1.29 is 0 Å². The van der Waals surface area contributed by atoms with E-state index in [0.29, 0.717) is 17.5 Å². The molecule has 1 aliphatic rings. The number of rotatable bonds is 6. The van der Waals surface area contributed by atoms with Crippen molar-refractivity contribution in [3.63, 3.8) is 0 Å². The minimum absolute atomic E-state index is 0.587. The maximum absolute atomic E-state index is 8.43. The minimum atomic E-state index is 0.587. The summed E-state index contributed by atoms with van der Waals surface area (Å²) in [6.45, 7) is 0. The van der Waals surface area contributed by atoms with Gasteiger partial charge >= 0.3 is 0 Å². The van der Waals surface area contributed by atoms with Gasteiger partial charge in [-0.2, -0.15) is 0 Å². The first-order valence-corrected chi connectivity index (χ1v) is 14.1. The zero-order valence-corrected chi connectivity index (χ0v) is 23.3. The molecule has 5 heteroatoms. The largest absolute Gasteiger partial charge is 0.354 e. The molecule has 6 aromatic rings. The average Bonchev–Trinajstić information content (AvgIpc) is 3.10. The van der Waals surface area contributed by atoms with Gasteiger partial charge in [-0.15, -0.1) is 0 Å². The summed E-state index contributed by atoms with van der Waals surface area (Å²) in [7, 11) is 0. The summed E-state index contributed by atoms with van der Waals surface area (Å²) in [5, 5.41) is 12.1. The molecule has 204 valence electrons. The van der Waals surface area contributed by atoms with E-state index in [4.69, 9.17) is 20.4 Å². The number of hydrogen-bond acceptors (Lipinski definition) is 5. The zero-order valence-electron chi connectivity index (χ0n) is 23.3. The lowest BCUT2D eigenvalue weighted by molar-refractivity contribution is 1.07. The van der Waals surface area contributed by atoms with Gasteiger partial charge in [-0.25, -0.2) is 15.0 Å². The van der Waals surface area contributed by atoms with Crippen molar-refractivity contribution in [3.8, 4) is 34.2 Å². The molecule has 0 fully saturated rings. The van der Waals surface area contributed by atoms with Crippen LogP contribution in [-0.4, -0.2) is 21.2 Å². The lowest BCUT2D eigenvalue weighted by Crippen LogP contribution is -2.18. The molecule has 2 N–H and O–H groups in total. The normalized spacial score (nSPS) is 13.3. The van der Waals surface area contributed by atoms with Gasteiger partial charge in [-0.3, -0.25) is 0 Å². The highest BCUT2D eigenvalue weighted by molar-refractivity contribution is 6.20. The van der Waals surface area contributed by atoms with Crippen LogP contribution in [0.3, 0.4) is 0 Å². The van der Waals surface area contributed by atoms with Crippen molar-refractivity contribution in [2.75, 3.05) is 0 Å². The van der Waals surface area contributed by atoms with Gasteiger partial charge in [0.1, 0.15) is 0 Å². The van der Waals surface area contributed by atoms with Crippen LogP contribution in [0.2, 0.25) is 0 Å². The van der Waals surface area contributed by atoms with Gasteiger partial charge in [0.2, 0.25) is 0 Å². The highest BCUT2D eigenvalue weighted by atomic mass is 15.0. The molecule has 5 aromatic carbocycles. The number of nitrogens with zero attached hydrogens (tertiary/aromatic N) is 3. The van der Waals surface area contributed by atoms with E-state index in [1.165, 1.54) is 6.21 Å². The van der Waals surface area contributed by atoms with Crippen LogP contribution in [0.4, 0.5) is 0 Å². The molecule has 0 bridgehead atoms. The predicted octanol–water partition coefficient (Wildman–Crippen LogP) is 8.49. The Bertz CT molecular complexity index is 1920. The van der Waals surface area contributed by atoms with Crippen molar-refractivity contribution in [3.05, 3.63) is 162 Å². The molecule has 1 aliphatic heterocycles. The molecule has 0 saturated heterocycles. The van der Waals surface area contributed by atoms with E-state index < -0.39 is 0 Å². The molecule has 0 amide bonds. The molecule has 0 unspecified atom stereocenters. The van der Waals surface area contributed by atoms with Gasteiger partial charge in [0.25, 0.3) is 0 Å². The van der Waals surface area contributed by atoms with E-state index in [2.05, 4.69) is 41.7 Å². The van der Waals surface area contributed by atoms with Crippen LogP contribution in [0, 0.1) is 5.41 Å². The SMILES string of the molecule is N=C/C(=C1\NC(c2ccccc2)=Cc2ccc(-c3nc(-c4ccccc4)nc(-c4ccccc4)n3)cc21)c1ccccc1. The zero-order chi connectivity index (χ0) is 29.0. The second-order valence-electron chi connectivity index (χ2n) is 10.2. The molecule has 5 nitrogen and oxygen atoms in total. The third kappa shape index (κ3) is 5.27. The summed E-state index contributed by atoms with van der Waals surface area (Å²) in [5.74, 6) is 1.82. The predicted molar refractivity (Wildman–Crippen MR) is 176 cm³/mol. The standard InChI is InChI=1S/C38H27N5/c39-25-33(26-13-5-1-6-14-26)35-32-23-31(22-21-30(32)24-34(40-35)27-15-7-2-8-16-27)38-42-36(28-17-9-3-10-18-28)41-37(43-38)29-19-11-4-12-20-29/h1-25,39-40H/b35-33+,39-25?. The Labute approximate surface area is 250 Å². The van der Waals surface area contributed by atoms with Crippen LogP contribution in [0.15, 0.2) is 140 Å². The Morgan fingerprint density at radius 3 is 1.56 bits per heavy atom. The Morgan fingerprint density at radius 2 is 1.02 bits per heavy atom. The molecule has 0 saturated carbocycles. The van der Waals surface area contributed by atoms with E-state index in [1.54, 1.807) is 0 Å². The van der Waals surface area contributed by atoms with Crippen LogP contribution >= 0.6 is 0 Å². The first-order valence-electron chi connectivity index (χ1n) is 14.1. The van der Waals surface area contributed by atoms with Crippen molar-refractivity contribution in [2.24, 2.45) is 0 Å². The summed E-state index contributed by atoms with van der Waals surface area (Å²) in [6, 6.07) is 46.5. The van der Waals surface area contributed by atoms with Crippen molar-refractivity contribution >= 4 is 29.3 Å². The van der Waals surface area contributed by atoms with E-state index in [-0.39, 0.29) is 0 Å². The van der Waals surface area contributed by atoms with Crippen molar-refractivity contribution in [1.29, 1.82) is 5.41 Å². The topological polar surface area (TPSA) is 74.6 Å². The lowest BCUT2D eigenvalue weighted by Gasteiger charge is -2.25. The van der Waals surface area contributed by atoms with Gasteiger partial charge in [-0.05, 0) is 28.8 Å². The Kier molecular flexibility index (Phi) is 6.96. The molecule has 1 aromatic heterocycles. The van der Waals surface area contributed by atoms with Gasteiger partial charge in [0, 0.05) is 39.7 Å². The second-order valence-corrected chi connectivity index (χ2v) is 10.2. The Balaban J connectivity index is 1.43. The maximum atomic E-state index is 8.43. The fraction of sp³-hybridized carbons (Fsp3) is 0. The Hall–Kier alpha value is -5.94. The number of hydrogen-bond donors (Lipinski definition) is 2. The number of allylic oxidation sites excluding steroid dienone is 1. The van der Waals surface area contributed by atoms with Gasteiger partial charge in [0.15, 0.2) is 17.5 Å². The van der Waals surface area contributed by atoms with Crippen LogP contribution in [0.25, 0.3) is 57.2 Å². The highest BCUT2D eigenvalue weighted by Crippen LogP contribution is 2.36. The van der Waals surface area contributed by atoms with Crippen LogP contribution < -0.4 is 5.32 Å². The summed E-state index contributed by atoms with van der Waals surface area (Å²) >= 11 is 0. The second kappa shape index (κ2) is 11.5. The van der Waals surface area contributed by atoms with E-state index >= 15 is 0 Å². The van der Waals surface area contributed by atoms with Crippen molar-refractivity contribution in [2.45, 2.75) is 0 Å². The van der Waals surface area contributed by atoms with Crippen LogP contribution in [0.5, 0.6) is 0 Å². The van der Waals surface area contributed by atoms with Gasteiger partial charge < -0.3 is 10.7 Å². The summed E-state index contributed by atoms with van der Waals surface area (Å²) in [6.07, 6.45) is 3.58. The number of aromatic nitrogens is 3. The van der Waals surface area contributed by atoms with Crippen LogP contribution in [0.1, 0.15) is 22.3 Å². The molecule has 43 heavy (non-hydrogen) atoms. The van der Waals surface area contributed by atoms with Crippen molar-refractivity contribution in [1.82, 2.24) is 20.3 Å². The fourth-order valence-corrected chi connectivity index (χ4v) is 5.27. The smallest absolute Gasteiger partial charge is 0.164 e. The quantitative estimate of drug-likeness (QED) is 0.203. The molecule has 7 rings (SSSR count). The first-order chi connectivity index (χ1) is 21.3. The van der Waals surface area contributed by atoms with Gasteiger partial charge in [0.05, 0.1) is 5.70 Å². The molecular weight excluding hydrogens is 526 g/mol. The molecule has 0 atom stereocenters. The lowest BCUT2D eigenvalue weighted by atomic mass is 9.91. The molecule has 0 aliphatic carbocycles. The molecular formula is C38H27N5. The third-order valence-corrected chi connectivity index (χ3v) is 7.42. The monoisotopic (exact) mass is 553 g/mol. The number of fused-ring (bicyclic) bond motifs is 1. The summed E-state index contributed by atoms with van der Waals surface area (Å²) in [4.78, 5) is 14.7. The van der Waals surface area contributed by atoms with Gasteiger partial charge in [-0.1, -0.05) is 133 Å². The first kappa shape index (κ1) is 26.0. The molecule has 2 heterocycles. The fourth-order valence-electron chi connectivity index (χ4n) is 5.27. The van der Waals surface area contributed by atoms with Crippen LogP contribution in [-0.2, 0) is 0 Å². The molecule has 0 radical (unpaired) electrons. The summed E-state index contributed by atoms with van der Waals surface area (Å²) < 4.78 is 0. The van der Waals surface area contributed by atoms with E-state index in [1.807, 2.05) is 109 Å². The minimum Gasteiger partial charge on any atom is -0.354 e. The Morgan fingerprint density at radius 1 is 0.535 bits per heavy atom. The average molecular weight is 554 g/mol. The summed E-state index contributed by atoms with van der Waals surface area (Å²) in [5.41, 5.74) is 9.41. The van der Waals surface area contributed by atoms with E-state index in [9.17, 15) is 0 Å². The highest BCUT2D eigenvalue weighted by Gasteiger charge is 2.22.